The topological polar surface area (TPSA) is 144 Å². The number of methoxy groups -OCH3 is 1. The third kappa shape index (κ3) is 11.2. The highest BCUT2D eigenvalue weighted by atomic mass is 16.6. The number of rotatable bonds is 11. The number of alkyl carbamates (subject to hydrolysis) is 2. The summed E-state index contributed by atoms with van der Waals surface area (Å²) in [5, 5.41) is 8.09. The first-order valence-corrected chi connectivity index (χ1v) is 12.7. The number of carbonyl (C=O) groups excluding carboxylic acids is 4. The molecule has 1 aliphatic carbocycles. The molecule has 11 nitrogen and oxygen atoms in total. The monoisotopic (exact) mass is 524 g/mol. The highest BCUT2D eigenvalue weighted by Crippen LogP contribution is 2.34. The van der Waals surface area contributed by atoms with Gasteiger partial charge in [-0.05, 0) is 40.5 Å². The lowest BCUT2D eigenvalue weighted by Crippen LogP contribution is -2.46. The fraction of sp³-hybridized carbons (Fsp3) is 0.731. The van der Waals surface area contributed by atoms with Crippen molar-refractivity contribution in [1.29, 1.82) is 0 Å². The van der Waals surface area contributed by atoms with Gasteiger partial charge in [0.1, 0.15) is 11.2 Å². The molecule has 0 saturated carbocycles. The van der Waals surface area contributed by atoms with Crippen molar-refractivity contribution < 1.29 is 33.4 Å². The summed E-state index contributed by atoms with van der Waals surface area (Å²) in [6.45, 7) is 14.2. The summed E-state index contributed by atoms with van der Waals surface area (Å²) < 4.78 is 15.5. The van der Waals surface area contributed by atoms with Gasteiger partial charge in [-0.1, -0.05) is 32.8 Å². The number of aliphatic imine (C=N–C) groups is 1. The lowest BCUT2D eigenvalue weighted by molar-refractivity contribution is -0.136. The van der Waals surface area contributed by atoms with E-state index in [0.29, 0.717) is 12.0 Å². The molecule has 37 heavy (non-hydrogen) atoms. The van der Waals surface area contributed by atoms with Crippen LogP contribution in [0.5, 0.6) is 0 Å². The van der Waals surface area contributed by atoms with E-state index in [4.69, 9.17) is 14.2 Å². The first-order chi connectivity index (χ1) is 17.1. The van der Waals surface area contributed by atoms with Gasteiger partial charge in [0.2, 0.25) is 5.91 Å². The molecule has 0 spiro atoms. The second-order valence-corrected chi connectivity index (χ2v) is 10.8. The lowest BCUT2D eigenvalue weighted by Gasteiger charge is -2.32. The van der Waals surface area contributed by atoms with E-state index in [1.54, 1.807) is 34.6 Å². The van der Waals surface area contributed by atoms with Gasteiger partial charge in [0.25, 0.3) is 0 Å². The molecule has 1 rings (SSSR count). The number of ether oxygens (including phenoxy) is 3. The molecule has 3 N–H and O–H groups in total. The Balaban J connectivity index is 2.88. The van der Waals surface area contributed by atoms with E-state index in [0.717, 1.165) is 12.8 Å². The Morgan fingerprint density at radius 1 is 1.08 bits per heavy atom. The molecule has 0 aromatic heterocycles. The van der Waals surface area contributed by atoms with Crippen molar-refractivity contribution in [3.8, 4) is 0 Å². The maximum Gasteiger partial charge on any atom is 0.412 e. The van der Waals surface area contributed by atoms with Crippen molar-refractivity contribution in [1.82, 2.24) is 16.0 Å². The second-order valence-electron chi connectivity index (χ2n) is 10.8. The molecule has 0 radical (unpaired) electrons. The van der Waals surface area contributed by atoms with Crippen molar-refractivity contribution >= 4 is 30.4 Å². The maximum absolute atomic E-state index is 12.4. The van der Waals surface area contributed by atoms with Crippen molar-refractivity contribution in [2.75, 3.05) is 13.7 Å². The molecule has 11 heteroatoms. The summed E-state index contributed by atoms with van der Waals surface area (Å²) >= 11 is 0. The summed E-state index contributed by atoms with van der Waals surface area (Å²) in [7, 11) is 1.32. The summed E-state index contributed by atoms with van der Waals surface area (Å²) in [6, 6.07) is -0.629. The van der Waals surface area contributed by atoms with Crippen LogP contribution in [-0.2, 0) is 23.8 Å². The third-order valence-electron chi connectivity index (χ3n) is 5.93. The average molecular weight is 525 g/mol. The number of hydrogen-bond acceptors (Lipinski definition) is 8. The number of amides is 3. The number of nitrogens with one attached hydrogen (secondary N) is 3. The molecule has 0 heterocycles. The number of hydrogen-bond donors (Lipinski definition) is 3. The fourth-order valence-electron chi connectivity index (χ4n) is 4.21. The van der Waals surface area contributed by atoms with Gasteiger partial charge < -0.3 is 24.8 Å². The van der Waals surface area contributed by atoms with E-state index in [9.17, 15) is 19.2 Å². The summed E-state index contributed by atoms with van der Waals surface area (Å²) in [5.74, 6) is -0.689. The van der Waals surface area contributed by atoms with E-state index in [-0.39, 0.29) is 30.3 Å². The maximum atomic E-state index is 12.4. The molecule has 1 aliphatic rings. The van der Waals surface area contributed by atoms with Gasteiger partial charge in [-0.3, -0.25) is 15.1 Å². The van der Waals surface area contributed by atoms with E-state index in [1.165, 1.54) is 20.4 Å². The van der Waals surface area contributed by atoms with Crippen molar-refractivity contribution in [3.05, 3.63) is 11.6 Å². The van der Waals surface area contributed by atoms with E-state index >= 15 is 0 Å². The minimum atomic E-state index is -1.02. The van der Waals surface area contributed by atoms with E-state index < -0.39 is 35.4 Å². The number of esters is 1. The van der Waals surface area contributed by atoms with Crippen LogP contribution in [0.2, 0.25) is 0 Å². The first kappa shape index (κ1) is 31.9. The van der Waals surface area contributed by atoms with Crippen molar-refractivity contribution in [2.45, 2.75) is 97.9 Å². The van der Waals surface area contributed by atoms with Gasteiger partial charge in [-0.2, -0.15) is 0 Å². The molecular formula is C26H44N4O7. The predicted octanol–water partition coefficient (Wildman–Crippen LogP) is 3.47. The Hall–Kier alpha value is -3.11. The molecule has 0 aromatic rings. The zero-order valence-electron chi connectivity index (χ0n) is 23.6. The van der Waals surface area contributed by atoms with Gasteiger partial charge in [-0.15, -0.1) is 0 Å². The van der Waals surface area contributed by atoms with Gasteiger partial charge >= 0.3 is 18.2 Å². The van der Waals surface area contributed by atoms with Gasteiger partial charge in [0, 0.05) is 30.9 Å². The largest absolute Gasteiger partial charge is 0.466 e. The van der Waals surface area contributed by atoms with Crippen LogP contribution in [0, 0.1) is 11.8 Å². The molecule has 0 fully saturated rings. The second kappa shape index (κ2) is 14.0. The summed E-state index contributed by atoms with van der Waals surface area (Å²) in [4.78, 5) is 52.9. The number of nitrogens with zero attached hydrogens (tertiary/aromatic N) is 1. The fourth-order valence-corrected chi connectivity index (χ4v) is 4.21. The van der Waals surface area contributed by atoms with Gasteiger partial charge in [0.05, 0.1) is 26.0 Å². The predicted molar refractivity (Wildman–Crippen MR) is 140 cm³/mol. The number of carbonyl (C=O) groups is 4. The zero-order chi connectivity index (χ0) is 28.4. The van der Waals surface area contributed by atoms with Crippen LogP contribution in [0.25, 0.3) is 0 Å². The van der Waals surface area contributed by atoms with Crippen molar-refractivity contribution in [3.63, 3.8) is 0 Å². The quantitative estimate of drug-likeness (QED) is 0.162. The van der Waals surface area contributed by atoms with Crippen LogP contribution >= 0.6 is 0 Å². The van der Waals surface area contributed by atoms with Gasteiger partial charge in [0.15, 0.2) is 0 Å². The van der Waals surface area contributed by atoms with Crippen LogP contribution in [0.1, 0.15) is 74.7 Å². The Labute approximate surface area is 220 Å². The van der Waals surface area contributed by atoms with Gasteiger partial charge in [-0.25, -0.2) is 14.4 Å². The highest BCUT2D eigenvalue weighted by Gasteiger charge is 2.39. The van der Waals surface area contributed by atoms with Crippen LogP contribution in [0.4, 0.5) is 9.59 Å². The minimum absolute atomic E-state index is 0.0391. The summed E-state index contributed by atoms with van der Waals surface area (Å²) in [6.07, 6.45) is 3.68. The van der Waals surface area contributed by atoms with E-state index in [1.807, 2.05) is 6.08 Å². The third-order valence-corrected chi connectivity index (χ3v) is 5.93. The Bertz CT molecular complexity index is 873. The van der Waals surface area contributed by atoms with Crippen molar-refractivity contribution in [2.24, 2.45) is 16.8 Å². The molecule has 0 bridgehead atoms. The average Bonchev–Trinajstić information content (AvgIpc) is 3.19. The normalized spacial score (nSPS) is 18.7. The first-order valence-electron chi connectivity index (χ1n) is 12.7. The standard InChI is InChI=1S/C26H44N4O7/c1-10-17(11-2)21(30-16(3)31)19-12-18(22(32)35-9)13-20(19)28-15-29-24(34)37-26(7,8)14-27-23(33)36-25(4,5)6/h12,15,17,19-21H,10-11,13-14H2,1-9H3,(H,27,33)(H,30,31)(H,28,29,34)/t19-,20-,21+/m1/s1. The molecule has 0 aliphatic heterocycles. The Morgan fingerprint density at radius 3 is 2.22 bits per heavy atom. The molecule has 0 unspecified atom stereocenters. The molecule has 3 amide bonds. The Kier molecular flexibility index (Phi) is 12.1. The molecule has 0 aromatic carbocycles. The molecule has 3 atom stereocenters. The molecule has 0 saturated heterocycles. The van der Waals surface area contributed by atoms with Crippen LogP contribution in [0.15, 0.2) is 16.6 Å². The lowest BCUT2D eigenvalue weighted by atomic mass is 9.82. The smallest absolute Gasteiger partial charge is 0.412 e. The Morgan fingerprint density at radius 2 is 1.70 bits per heavy atom. The van der Waals surface area contributed by atoms with E-state index in [2.05, 4.69) is 34.8 Å². The zero-order valence-corrected chi connectivity index (χ0v) is 23.6. The summed E-state index contributed by atoms with van der Waals surface area (Å²) in [5.41, 5.74) is -1.18. The SMILES string of the molecule is CCC(CC)[C@H](NC(C)=O)[C@@H]1C=C(C(=O)OC)C[C@H]1N=CNC(=O)OC(C)(C)CNC(=O)OC(C)(C)C. The molecule has 210 valence electrons. The minimum Gasteiger partial charge on any atom is -0.466 e. The highest BCUT2D eigenvalue weighted by molar-refractivity contribution is 5.89. The van der Waals surface area contributed by atoms with Crippen LogP contribution in [-0.4, -0.2) is 67.3 Å². The molecular weight excluding hydrogens is 480 g/mol. The van der Waals surface area contributed by atoms with Crippen LogP contribution in [0.3, 0.4) is 0 Å². The van der Waals surface area contributed by atoms with Crippen LogP contribution < -0.4 is 16.0 Å².